The average Bonchev–Trinajstić information content (AvgIpc) is 3.07. The highest BCUT2D eigenvalue weighted by atomic mass is 19.1. The Morgan fingerprint density at radius 3 is 3.05 bits per heavy atom. The smallest absolute Gasteiger partial charge is 0.226 e. The molecule has 1 aliphatic heterocycles. The summed E-state index contributed by atoms with van der Waals surface area (Å²) in [5.41, 5.74) is 6.65. The average molecular weight is 262 g/mol. The maximum absolute atomic E-state index is 13.2. The zero-order valence-corrected chi connectivity index (χ0v) is 10.9. The SMILES string of the molecule is NCC1CCCN1C(=O)C1CC1c1cccc(F)c1. The van der Waals surface area contributed by atoms with Crippen LogP contribution in [0.1, 0.15) is 30.7 Å². The molecule has 3 unspecified atom stereocenters. The molecule has 1 amide bonds. The fourth-order valence-corrected chi connectivity index (χ4v) is 3.16. The number of rotatable bonds is 3. The van der Waals surface area contributed by atoms with Crippen molar-refractivity contribution in [2.24, 2.45) is 11.7 Å². The molecule has 19 heavy (non-hydrogen) atoms. The van der Waals surface area contributed by atoms with Crippen LogP contribution in [0.2, 0.25) is 0 Å². The molecule has 1 heterocycles. The predicted molar refractivity (Wildman–Crippen MR) is 71.0 cm³/mol. The first-order valence-corrected chi connectivity index (χ1v) is 6.96. The third-order valence-corrected chi connectivity index (χ3v) is 4.32. The fraction of sp³-hybridized carbons (Fsp3) is 0.533. The van der Waals surface area contributed by atoms with Crippen molar-refractivity contribution in [3.8, 4) is 0 Å². The summed E-state index contributed by atoms with van der Waals surface area (Å²) in [4.78, 5) is 14.4. The maximum atomic E-state index is 13.2. The van der Waals surface area contributed by atoms with Crippen LogP contribution in [0.3, 0.4) is 0 Å². The third kappa shape index (κ3) is 2.37. The van der Waals surface area contributed by atoms with Gasteiger partial charge in [-0.15, -0.1) is 0 Å². The lowest BCUT2D eigenvalue weighted by Gasteiger charge is -2.23. The number of carbonyl (C=O) groups excluding carboxylic acids is 1. The van der Waals surface area contributed by atoms with E-state index >= 15 is 0 Å². The largest absolute Gasteiger partial charge is 0.338 e. The molecule has 3 rings (SSSR count). The normalized spacial score (nSPS) is 29.6. The summed E-state index contributed by atoms with van der Waals surface area (Å²) >= 11 is 0. The van der Waals surface area contributed by atoms with Gasteiger partial charge in [0.05, 0.1) is 0 Å². The van der Waals surface area contributed by atoms with Crippen LogP contribution < -0.4 is 5.73 Å². The van der Waals surface area contributed by atoms with Gasteiger partial charge >= 0.3 is 0 Å². The predicted octanol–water partition coefficient (Wildman–Crippen LogP) is 1.88. The van der Waals surface area contributed by atoms with Crippen molar-refractivity contribution < 1.29 is 9.18 Å². The van der Waals surface area contributed by atoms with Gasteiger partial charge in [0.1, 0.15) is 5.82 Å². The summed E-state index contributed by atoms with van der Waals surface area (Å²) in [5, 5.41) is 0. The highest BCUT2D eigenvalue weighted by molar-refractivity contribution is 5.83. The van der Waals surface area contributed by atoms with Gasteiger partial charge in [0.15, 0.2) is 0 Å². The van der Waals surface area contributed by atoms with Gasteiger partial charge in [-0.2, -0.15) is 0 Å². The van der Waals surface area contributed by atoms with Crippen LogP contribution in [0.25, 0.3) is 0 Å². The number of nitrogens with two attached hydrogens (primary N) is 1. The Hall–Kier alpha value is -1.42. The van der Waals surface area contributed by atoms with Gasteiger partial charge in [-0.1, -0.05) is 12.1 Å². The van der Waals surface area contributed by atoms with Gasteiger partial charge in [-0.3, -0.25) is 4.79 Å². The molecule has 1 saturated heterocycles. The number of halogens is 1. The van der Waals surface area contributed by atoms with Crippen molar-refractivity contribution in [1.29, 1.82) is 0 Å². The first-order chi connectivity index (χ1) is 9.20. The van der Waals surface area contributed by atoms with E-state index in [0.29, 0.717) is 6.54 Å². The van der Waals surface area contributed by atoms with Crippen LogP contribution in [-0.4, -0.2) is 29.9 Å². The van der Waals surface area contributed by atoms with Crippen molar-refractivity contribution >= 4 is 5.91 Å². The standard InChI is InChI=1S/C15H19FN2O/c16-11-4-1-3-10(7-11)13-8-14(13)15(19)18-6-2-5-12(18)9-17/h1,3-4,7,12-14H,2,5-6,8-9,17H2. The molecule has 1 aliphatic carbocycles. The zero-order chi connectivity index (χ0) is 13.4. The molecule has 1 aromatic rings. The zero-order valence-electron chi connectivity index (χ0n) is 10.9. The summed E-state index contributed by atoms with van der Waals surface area (Å²) < 4.78 is 13.2. The minimum atomic E-state index is -0.225. The highest BCUT2D eigenvalue weighted by Gasteiger charge is 2.47. The quantitative estimate of drug-likeness (QED) is 0.904. The van der Waals surface area contributed by atoms with Gasteiger partial charge in [0, 0.05) is 25.0 Å². The third-order valence-electron chi connectivity index (χ3n) is 4.32. The summed E-state index contributed by atoms with van der Waals surface area (Å²) in [5.74, 6) is 0.218. The molecular formula is C15H19FN2O. The van der Waals surface area contributed by atoms with Crippen LogP contribution >= 0.6 is 0 Å². The molecule has 102 valence electrons. The molecule has 0 aromatic heterocycles. The van der Waals surface area contributed by atoms with Crippen LogP contribution in [0.5, 0.6) is 0 Å². The Morgan fingerprint density at radius 1 is 1.47 bits per heavy atom. The van der Waals surface area contributed by atoms with Gasteiger partial charge in [-0.25, -0.2) is 4.39 Å². The van der Waals surface area contributed by atoms with Gasteiger partial charge < -0.3 is 10.6 Å². The molecular weight excluding hydrogens is 243 g/mol. The van der Waals surface area contributed by atoms with Crippen LogP contribution in [-0.2, 0) is 4.79 Å². The minimum absolute atomic E-state index is 0.0361. The Kier molecular flexibility index (Phi) is 3.27. The van der Waals surface area contributed by atoms with E-state index in [2.05, 4.69) is 0 Å². The monoisotopic (exact) mass is 262 g/mol. The molecule has 0 bridgehead atoms. The van der Waals surface area contributed by atoms with Crippen molar-refractivity contribution in [1.82, 2.24) is 4.90 Å². The number of likely N-dealkylation sites (tertiary alicyclic amines) is 1. The van der Waals surface area contributed by atoms with E-state index in [-0.39, 0.29) is 29.6 Å². The number of nitrogens with zero attached hydrogens (tertiary/aromatic N) is 1. The fourth-order valence-electron chi connectivity index (χ4n) is 3.16. The van der Waals surface area contributed by atoms with Gasteiger partial charge in [0.25, 0.3) is 0 Å². The number of hydrogen-bond donors (Lipinski definition) is 1. The number of benzene rings is 1. The van der Waals surface area contributed by atoms with Crippen molar-refractivity contribution in [3.05, 3.63) is 35.6 Å². The topological polar surface area (TPSA) is 46.3 Å². The first-order valence-electron chi connectivity index (χ1n) is 6.96. The second kappa shape index (κ2) is 4.93. The highest BCUT2D eigenvalue weighted by Crippen LogP contribution is 2.49. The lowest BCUT2D eigenvalue weighted by Crippen LogP contribution is -2.40. The van der Waals surface area contributed by atoms with E-state index in [1.54, 1.807) is 12.1 Å². The Balaban J connectivity index is 1.68. The summed E-state index contributed by atoms with van der Waals surface area (Å²) in [7, 11) is 0. The Morgan fingerprint density at radius 2 is 2.32 bits per heavy atom. The van der Waals surface area contributed by atoms with E-state index in [1.807, 2.05) is 11.0 Å². The molecule has 1 aromatic carbocycles. The summed E-state index contributed by atoms with van der Waals surface area (Å²) in [6.45, 7) is 1.37. The number of amides is 1. The van der Waals surface area contributed by atoms with Crippen molar-refractivity contribution in [2.45, 2.75) is 31.2 Å². The Bertz CT molecular complexity index is 491. The number of carbonyl (C=O) groups is 1. The summed E-state index contributed by atoms with van der Waals surface area (Å²) in [6.07, 6.45) is 2.90. The molecule has 2 aliphatic rings. The molecule has 2 N–H and O–H groups in total. The molecule has 0 spiro atoms. The molecule has 4 heteroatoms. The van der Waals surface area contributed by atoms with E-state index in [0.717, 1.165) is 31.4 Å². The second-order valence-electron chi connectivity index (χ2n) is 5.57. The Labute approximate surface area is 112 Å². The van der Waals surface area contributed by atoms with Crippen molar-refractivity contribution in [3.63, 3.8) is 0 Å². The van der Waals surface area contributed by atoms with E-state index in [4.69, 9.17) is 5.73 Å². The molecule has 1 saturated carbocycles. The van der Waals surface area contributed by atoms with E-state index in [1.165, 1.54) is 6.07 Å². The molecule has 3 nitrogen and oxygen atoms in total. The van der Waals surface area contributed by atoms with E-state index in [9.17, 15) is 9.18 Å². The maximum Gasteiger partial charge on any atom is 0.226 e. The summed E-state index contributed by atoms with van der Waals surface area (Å²) in [6, 6.07) is 6.81. The van der Waals surface area contributed by atoms with Gasteiger partial charge in [0.2, 0.25) is 5.91 Å². The molecule has 2 fully saturated rings. The van der Waals surface area contributed by atoms with Crippen LogP contribution in [0.4, 0.5) is 4.39 Å². The lowest BCUT2D eigenvalue weighted by atomic mass is 10.1. The lowest BCUT2D eigenvalue weighted by molar-refractivity contribution is -0.133. The molecule has 3 atom stereocenters. The number of hydrogen-bond acceptors (Lipinski definition) is 2. The van der Waals surface area contributed by atoms with Crippen LogP contribution in [0.15, 0.2) is 24.3 Å². The van der Waals surface area contributed by atoms with Crippen LogP contribution in [0, 0.1) is 11.7 Å². The first kappa shape index (κ1) is 12.6. The van der Waals surface area contributed by atoms with Gasteiger partial charge in [-0.05, 0) is 42.9 Å². The van der Waals surface area contributed by atoms with E-state index < -0.39 is 0 Å². The second-order valence-corrected chi connectivity index (χ2v) is 5.57. The van der Waals surface area contributed by atoms with Crippen molar-refractivity contribution in [2.75, 3.05) is 13.1 Å². The molecule has 0 radical (unpaired) electrons. The minimum Gasteiger partial charge on any atom is -0.338 e.